The molecule has 4 heterocycles. The molecule has 0 N–H and O–H groups in total. The largest absolute Gasteiger partial charge is 0.494 e. The minimum Gasteiger partial charge on any atom is -0.494 e. The zero-order valence-corrected chi connectivity index (χ0v) is 71.3. The van der Waals surface area contributed by atoms with Gasteiger partial charge in [-0.3, -0.25) is 29.6 Å². The van der Waals surface area contributed by atoms with Crippen molar-refractivity contribution < 1.29 is 71.6 Å². The van der Waals surface area contributed by atoms with E-state index in [2.05, 4.69) is 129 Å². The van der Waals surface area contributed by atoms with E-state index >= 15 is 0 Å². The van der Waals surface area contributed by atoms with Crippen molar-refractivity contribution in [3.05, 3.63) is 357 Å². The molecule has 1 aliphatic rings. The van der Waals surface area contributed by atoms with E-state index < -0.39 is 47.0 Å². The molecule has 8 aromatic carbocycles. The molecule has 124 heavy (non-hydrogen) atoms. The van der Waals surface area contributed by atoms with Crippen molar-refractivity contribution in [1.82, 2.24) is 48.7 Å². The Kier molecular flexibility index (Phi) is 34.6. The van der Waals surface area contributed by atoms with E-state index in [1.807, 2.05) is 115 Å². The Balaban J connectivity index is 0.000000173. The zero-order chi connectivity index (χ0) is 88.9. The van der Waals surface area contributed by atoms with Gasteiger partial charge < -0.3 is 28.1 Å². The van der Waals surface area contributed by atoms with Crippen LogP contribution in [0.3, 0.4) is 0 Å². The number of nitrogens with zero attached hydrogens (tertiary/aromatic N) is 10. The molecule has 12 aromatic rings. The number of hydrogen-bond acceptors (Lipinski definition) is 12. The maximum absolute atomic E-state index is 12.8. The lowest BCUT2D eigenvalue weighted by molar-refractivity contribution is -0.138. The summed E-state index contributed by atoms with van der Waals surface area (Å²) in [5.41, 5.74) is 10.2. The Labute approximate surface area is 723 Å². The van der Waals surface area contributed by atoms with Crippen LogP contribution >= 0.6 is 11.6 Å². The van der Waals surface area contributed by atoms with E-state index in [1.165, 1.54) is 81.9 Å². The number of imidazole rings is 2. The van der Waals surface area contributed by atoms with Crippen LogP contribution in [0.2, 0.25) is 5.02 Å². The number of aromatic nitrogens is 6. The minimum atomic E-state index is -4.35. The molecule has 658 valence electrons. The summed E-state index contributed by atoms with van der Waals surface area (Å²) in [6.45, 7) is 21.4. The maximum Gasteiger partial charge on any atom is 0.416 e. The highest BCUT2D eigenvalue weighted by Gasteiger charge is 2.45. The van der Waals surface area contributed by atoms with Crippen molar-refractivity contribution in [3.63, 3.8) is 0 Å². The van der Waals surface area contributed by atoms with E-state index in [4.69, 9.17) is 30.5 Å². The molecule has 0 aliphatic heterocycles. The van der Waals surface area contributed by atoms with E-state index in [9.17, 15) is 52.7 Å². The second-order valence-corrected chi connectivity index (χ2v) is 32.4. The number of halogens is 13. The van der Waals surface area contributed by atoms with Crippen LogP contribution in [0, 0.1) is 31.6 Å². The molecule has 13 rings (SSSR count). The van der Waals surface area contributed by atoms with E-state index in [1.54, 1.807) is 25.0 Å². The van der Waals surface area contributed by atoms with Gasteiger partial charge in [0.15, 0.2) is 0 Å². The molecule has 4 aromatic heterocycles. The predicted molar refractivity (Wildman–Crippen MR) is 459 cm³/mol. The molecule has 0 bridgehead atoms. The minimum absolute atomic E-state index is 0.0214. The van der Waals surface area contributed by atoms with Crippen molar-refractivity contribution in [2.45, 2.75) is 137 Å². The van der Waals surface area contributed by atoms with E-state index in [0.29, 0.717) is 74.0 Å². The number of rotatable bonds is 36. The SMILES string of the molecule is Cc1ccccc1CN(CCCOc1ccc(C(F)(F)F)cc1)Cc1cncn1C.Cc1ccccc1CN(Cc1cccnc1)CC(C)(C)COc1ccc(C(F)(F)F)cc1.Cc1ccccc1CN(Cc1cccnc1)CC1(COc2ccc(C(F)(F)F)cc2)CC1.Cn1cncc1CN(CCCOc1ccc(C(F)(F)F)cc1)Cc1ccccc1Cl. The first-order valence-corrected chi connectivity index (χ1v) is 41.1. The molecular weight excluding hydrogens is 1630 g/mol. The molecule has 1 saturated carbocycles. The van der Waals surface area contributed by atoms with Crippen molar-refractivity contribution in [1.29, 1.82) is 0 Å². The molecule has 0 amide bonds. The molecule has 0 atom stereocenters. The van der Waals surface area contributed by atoms with Crippen LogP contribution < -0.4 is 18.9 Å². The van der Waals surface area contributed by atoms with Crippen LogP contribution in [0.25, 0.3) is 0 Å². The predicted octanol–water partition coefficient (Wildman–Crippen LogP) is 23.6. The standard InChI is InChI=1S/C26H27F3N2O.C26H29F3N2O.C23H26F3N3O.C22H23ClF3N3O/c1-20-5-2-3-7-22(20)17-31(16-21-6-4-14-30-15-21)18-25(12-13-25)19-32-24-10-8-23(9-11-24)26(27,28)29;1-20-7-4-5-9-22(20)17-31(16-21-8-6-14-30-15-21)18-25(2,3)19-32-24-12-10-23(11-13-24)26(27,28)29;1-18-6-3-4-7-19(18)15-29(16-21-14-27-17-28(21)2)12-5-13-30-22-10-8-20(9-11-22)23(24,25)26;1-28-16-27-13-19(28)15-29(14-17-5-2-3-6-21(17)23)11-4-12-30-20-9-7-18(8-10-20)22(24,25)26/h2-11,14-15H,12-13,16-19H2,1H3;4-15H,16-19H2,1-3H3;3-4,6-11,14,17H,5,12-13,15-16H2,1-2H3;2-3,5-10,13,16H,4,11-12,14-15H2,1H3. The van der Waals surface area contributed by atoms with Crippen molar-refractivity contribution in [2.75, 3.05) is 52.6 Å². The quantitative estimate of drug-likeness (QED) is 0.0275. The van der Waals surface area contributed by atoms with E-state index in [-0.39, 0.29) is 10.8 Å². The average molecular weight is 1740 g/mol. The summed E-state index contributed by atoms with van der Waals surface area (Å²) in [5, 5.41) is 0.716. The Morgan fingerprint density at radius 2 is 0.718 bits per heavy atom. The molecule has 0 saturated heterocycles. The van der Waals surface area contributed by atoms with Gasteiger partial charge >= 0.3 is 24.7 Å². The van der Waals surface area contributed by atoms with Gasteiger partial charge in [-0.25, -0.2) is 9.97 Å². The fourth-order valence-corrected chi connectivity index (χ4v) is 14.0. The summed E-state index contributed by atoms with van der Waals surface area (Å²) < 4.78 is 180. The second-order valence-electron chi connectivity index (χ2n) is 32.0. The van der Waals surface area contributed by atoms with Gasteiger partial charge in [-0.15, -0.1) is 0 Å². The van der Waals surface area contributed by atoms with Gasteiger partial charge in [0, 0.05) is 146 Å². The summed E-state index contributed by atoms with van der Waals surface area (Å²) in [5.74, 6) is 1.78. The molecule has 1 fully saturated rings. The molecular formula is C97H105ClF12N10O4. The summed E-state index contributed by atoms with van der Waals surface area (Å²) >= 11 is 6.32. The van der Waals surface area contributed by atoms with Gasteiger partial charge in [-0.2, -0.15) is 52.7 Å². The van der Waals surface area contributed by atoms with Gasteiger partial charge in [0.1, 0.15) is 23.0 Å². The Morgan fingerprint density at radius 1 is 0.371 bits per heavy atom. The van der Waals surface area contributed by atoms with Crippen molar-refractivity contribution in [2.24, 2.45) is 24.9 Å². The molecule has 14 nitrogen and oxygen atoms in total. The molecule has 1 aliphatic carbocycles. The first kappa shape index (κ1) is 95.2. The van der Waals surface area contributed by atoms with Gasteiger partial charge in [0.25, 0.3) is 0 Å². The monoisotopic (exact) mass is 1740 g/mol. The Hall–Kier alpha value is -11.0. The van der Waals surface area contributed by atoms with Crippen molar-refractivity contribution in [3.8, 4) is 23.0 Å². The normalized spacial score (nSPS) is 12.7. The van der Waals surface area contributed by atoms with Gasteiger partial charge in [-0.1, -0.05) is 129 Å². The lowest BCUT2D eigenvalue weighted by Gasteiger charge is -2.33. The maximum atomic E-state index is 12.8. The van der Waals surface area contributed by atoms with Crippen LogP contribution in [-0.2, 0) is 91.2 Å². The smallest absolute Gasteiger partial charge is 0.416 e. The fourth-order valence-electron chi connectivity index (χ4n) is 13.8. The molecule has 0 spiro atoms. The first-order valence-electron chi connectivity index (χ1n) is 40.8. The highest BCUT2D eigenvalue weighted by molar-refractivity contribution is 6.31. The van der Waals surface area contributed by atoms with Crippen LogP contribution in [0.4, 0.5) is 52.7 Å². The fraction of sp³-hybridized carbons (Fsp3) is 0.340. The van der Waals surface area contributed by atoms with Gasteiger partial charge in [0.05, 0.1) is 72.7 Å². The lowest BCUT2D eigenvalue weighted by Crippen LogP contribution is -2.37. The summed E-state index contributed by atoms with van der Waals surface area (Å²) in [7, 11) is 3.92. The number of aryl methyl sites for hydroxylation is 5. The third-order valence-electron chi connectivity index (χ3n) is 21.0. The highest BCUT2D eigenvalue weighted by atomic mass is 35.5. The van der Waals surface area contributed by atoms with Crippen LogP contribution in [0.5, 0.6) is 23.0 Å². The highest BCUT2D eigenvalue weighted by Crippen LogP contribution is 2.47. The number of pyridine rings is 2. The second kappa shape index (κ2) is 45.0. The Bertz CT molecular complexity index is 4860. The van der Waals surface area contributed by atoms with Gasteiger partial charge in [-0.05, 0) is 212 Å². The summed E-state index contributed by atoms with van der Waals surface area (Å²) in [6.07, 6.45) is 0.743. The Morgan fingerprint density at radius 3 is 1.07 bits per heavy atom. The average Bonchev–Trinajstić information content (AvgIpc) is 1.64. The molecule has 0 radical (unpaired) electrons. The third kappa shape index (κ3) is 31.6. The summed E-state index contributed by atoms with van der Waals surface area (Å²) in [4.78, 5) is 26.2. The van der Waals surface area contributed by atoms with Crippen LogP contribution in [-0.4, -0.2) is 101 Å². The number of hydrogen-bond donors (Lipinski definition) is 0. The summed E-state index contributed by atoms with van der Waals surface area (Å²) in [6, 6.07) is 60.1. The first-order chi connectivity index (χ1) is 59.1. The molecule has 0 unspecified atom stereocenters. The molecule has 27 heteroatoms. The number of alkyl halides is 12. The van der Waals surface area contributed by atoms with Gasteiger partial charge in [0.2, 0.25) is 0 Å². The van der Waals surface area contributed by atoms with E-state index in [0.717, 1.165) is 161 Å². The lowest BCUT2D eigenvalue weighted by atomic mass is 9.93. The topological polar surface area (TPSA) is 111 Å². The number of benzene rings is 8. The van der Waals surface area contributed by atoms with Crippen LogP contribution in [0.15, 0.2) is 268 Å². The van der Waals surface area contributed by atoms with Crippen molar-refractivity contribution >= 4 is 11.6 Å². The zero-order valence-electron chi connectivity index (χ0n) is 70.6. The van der Waals surface area contributed by atoms with Crippen LogP contribution in [0.1, 0.15) is 123 Å². The number of ether oxygens (including phenoxy) is 4. The third-order valence-corrected chi connectivity index (χ3v) is 21.4.